The van der Waals surface area contributed by atoms with Crippen LogP contribution in [0.1, 0.15) is 6.92 Å². The van der Waals surface area contributed by atoms with Gasteiger partial charge in [0, 0.05) is 33.1 Å². The van der Waals surface area contributed by atoms with E-state index in [9.17, 15) is 9.36 Å². The van der Waals surface area contributed by atoms with Gasteiger partial charge in [-0.2, -0.15) is 0 Å². The van der Waals surface area contributed by atoms with Crippen LogP contribution in [0.15, 0.2) is 0 Å². The number of hydrogen-bond donors (Lipinski definition) is 0. The topological polar surface area (TPSA) is 40.6 Å². The van der Waals surface area contributed by atoms with E-state index in [0.717, 1.165) is 0 Å². The first-order valence-electron chi connectivity index (χ1n) is 4.19. The lowest BCUT2D eigenvalue weighted by molar-refractivity contribution is -0.129. The van der Waals surface area contributed by atoms with E-state index in [1.165, 1.54) is 7.57 Å². The summed E-state index contributed by atoms with van der Waals surface area (Å²) in [4.78, 5) is 12.7. The molecule has 0 spiro atoms. The quantitative estimate of drug-likeness (QED) is 0.468. The molecule has 1 unspecified atom stereocenters. The Morgan fingerprint density at radius 3 is 2.15 bits per heavy atom. The van der Waals surface area contributed by atoms with Crippen LogP contribution in [0.4, 0.5) is 0 Å². The Labute approximate surface area is 83.8 Å². The Morgan fingerprint density at radius 2 is 1.85 bits per heavy atom. The maximum atomic E-state index is 11.4. The maximum absolute atomic E-state index is 11.4. The molecule has 0 aromatic heterocycles. The molecular formula is C6H13BClN2O2P. The average Bonchev–Trinajstić information content (AvgIpc) is 2.03. The van der Waals surface area contributed by atoms with Gasteiger partial charge in [-0.15, -0.1) is 0 Å². The molecule has 0 aromatic carbocycles. The monoisotopic (exact) mass is 222 g/mol. The molecular weight excluding hydrogens is 209 g/mol. The van der Waals surface area contributed by atoms with Crippen LogP contribution >= 0.6 is 17.8 Å². The molecule has 0 bridgehead atoms. The Kier molecular flexibility index (Phi) is 3.44. The van der Waals surface area contributed by atoms with Gasteiger partial charge >= 0.3 is 0 Å². The van der Waals surface area contributed by atoms with Crippen molar-refractivity contribution in [1.82, 2.24) is 9.57 Å². The summed E-state index contributed by atoms with van der Waals surface area (Å²) < 4.78 is 13.2. The molecule has 74 valence electrons. The minimum atomic E-state index is -2.63. The van der Waals surface area contributed by atoms with Crippen LogP contribution < -0.4 is 0 Å². The Bertz CT molecular complexity index is 249. The number of hydrogen-bond acceptors (Lipinski definition) is 2. The van der Waals surface area contributed by atoms with Crippen LogP contribution in [-0.4, -0.2) is 49.2 Å². The van der Waals surface area contributed by atoms with E-state index in [2.05, 4.69) is 0 Å². The molecule has 1 aliphatic heterocycles. The first-order chi connectivity index (χ1) is 5.91. The molecule has 1 atom stereocenters. The van der Waals surface area contributed by atoms with E-state index < -0.39 is 6.52 Å². The first kappa shape index (κ1) is 11.1. The lowest BCUT2D eigenvalue weighted by atomic mass is 10.3. The highest BCUT2D eigenvalue weighted by molar-refractivity contribution is 8.05. The van der Waals surface area contributed by atoms with Crippen LogP contribution in [0.25, 0.3) is 0 Å². The second-order valence-corrected chi connectivity index (χ2v) is 7.24. The van der Waals surface area contributed by atoms with E-state index in [1.54, 1.807) is 16.5 Å². The molecule has 1 rings (SSSR count). The van der Waals surface area contributed by atoms with Gasteiger partial charge in [-0.1, -0.05) is 0 Å². The van der Waals surface area contributed by atoms with Gasteiger partial charge in [0.2, 0.25) is 13.5 Å². The van der Waals surface area contributed by atoms with Gasteiger partial charge < -0.3 is 9.46 Å². The Morgan fingerprint density at radius 1 is 1.38 bits per heavy atom. The van der Waals surface area contributed by atoms with Crippen LogP contribution in [0.2, 0.25) is 0 Å². The SMILES string of the molecule is BP(=O)(Cl)N1CCN(C(C)=O)CC1. The fourth-order valence-electron chi connectivity index (χ4n) is 1.37. The average molecular weight is 222 g/mol. The summed E-state index contributed by atoms with van der Waals surface area (Å²) in [7, 11) is 1.54. The van der Waals surface area contributed by atoms with Crippen molar-refractivity contribution in [1.29, 1.82) is 0 Å². The third-order valence-corrected chi connectivity index (χ3v) is 4.26. The zero-order valence-electron chi connectivity index (χ0n) is 7.86. The van der Waals surface area contributed by atoms with Gasteiger partial charge in [0.25, 0.3) is 0 Å². The summed E-state index contributed by atoms with van der Waals surface area (Å²) in [6.07, 6.45) is 0. The molecule has 1 aliphatic rings. The number of piperazine rings is 1. The lowest BCUT2D eigenvalue weighted by Gasteiger charge is -2.35. The van der Waals surface area contributed by atoms with Crippen molar-refractivity contribution in [2.45, 2.75) is 6.92 Å². The predicted octanol–water partition coefficient (Wildman–Crippen LogP) is 0.130. The second kappa shape index (κ2) is 4.03. The van der Waals surface area contributed by atoms with Gasteiger partial charge in [-0.25, -0.2) is 4.67 Å². The molecule has 0 aliphatic carbocycles. The lowest BCUT2D eigenvalue weighted by Crippen LogP contribution is -2.46. The summed E-state index contributed by atoms with van der Waals surface area (Å²) >= 11 is 5.72. The predicted molar refractivity (Wildman–Crippen MR) is 55.8 cm³/mol. The standard InChI is InChI=1S/C6H13BClN2O2P/c1-6(11)9-2-4-10(5-3-9)13(7,8)12/h2-5,7H2,1H3. The first-order valence-corrected chi connectivity index (χ1v) is 7.20. The number of carbonyl (C=O) groups is 1. The number of nitrogens with zero attached hydrogens (tertiary/aromatic N) is 2. The van der Waals surface area contributed by atoms with Crippen LogP contribution in [0.3, 0.4) is 0 Å². The molecule has 0 aromatic rings. The van der Waals surface area contributed by atoms with Gasteiger partial charge in [-0.05, 0) is 11.2 Å². The highest BCUT2D eigenvalue weighted by Gasteiger charge is 2.27. The van der Waals surface area contributed by atoms with Crippen molar-refractivity contribution in [3.8, 4) is 0 Å². The van der Waals surface area contributed by atoms with Crippen molar-refractivity contribution in [2.24, 2.45) is 0 Å². The van der Waals surface area contributed by atoms with Crippen molar-refractivity contribution in [3.63, 3.8) is 0 Å². The highest BCUT2D eigenvalue weighted by atomic mass is 35.7. The summed E-state index contributed by atoms with van der Waals surface area (Å²) in [6, 6.07) is 0. The zero-order chi connectivity index (χ0) is 10.1. The van der Waals surface area contributed by atoms with Crippen LogP contribution in [0, 0.1) is 0 Å². The van der Waals surface area contributed by atoms with Gasteiger partial charge in [0.05, 0.1) is 0 Å². The van der Waals surface area contributed by atoms with Gasteiger partial charge in [0.1, 0.15) is 0 Å². The minimum absolute atomic E-state index is 0.0696. The maximum Gasteiger partial charge on any atom is 0.220 e. The van der Waals surface area contributed by atoms with E-state index in [-0.39, 0.29) is 5.91 Å². The molecule has 1 heterocycles. The molecule has 7 heteroatoms. The summed E-state index contributed by atoms with van der Waals surface area (Å²) in [5, 5.41) is 0. The second-order valence-electron chi connectivity index (χ2n) is 3.24. The molecule has 13 heavy (non-hydrogen) atoms. The molecule has 1 amide bonds. The molecule has 1 fully saturated rings. The molecule has 0 N–H and O–H groups in total. The number of carbonyl (C=O) groups excluding carboxylic acids is 1. The third-order valence-electron chi connectivity index (χ3n) is 2.21. The molecule has 1 saturated heterocycles. The highest BCUT2D eigenvalue weighted by Crippen LogP contribution is 2.49. The largest absolute Gasteiger partial charge is 0.340 e. The van der Waals surface area contributed by atoms with E-state index >= 15 is 0 Å². The van der Waals surface area contributed by atoms with Gasteiger partial charge in [0.15, 0.2) is 6.52 Å². The third kappa shape index (κ3) is 3.01. The molecule has 0 saturated carbocycles. The van der Waals surface area contributed by atoms with Crippen molar-refractivity contribution >= 4 is 31.2 Å². The number of halogens is 1. The Hall–Kier alpha value is 0.0149. The summed E-state index contributed by atoms with van der Waals surface area (Å²) in [5.74, 6) is 0.0696. The summed E-state index contributed by atoms with van der Waals surface area (Å²) in [6.45, 7) is 1.38. The van der Waals surface area contributed by atoms with Crippen molar-refractivity contribution < 1.29 is 9.36 Å². The number of rotatable bonds is 1. The van der Waals surface area contributed by atoms with E-state index in [4.69, 9.17) is 11.2 Å². The van der Waals surface area contributed by atoms with Crippen molar-refractivity contribution in [2.75, 3.05) is 26.2 Å². The van der Waals surface area contributed by atoms with Gasteiger partial charge in [-0.3, -0.25) is 4.79 Å². The zero-order valence-corrected chi connectivity index (χ0v) is 9.51. The summed E-state index contributed by atoms with van der Waals surface area (Å²) in [5.41, 5.74) is 0. The fourth-order valence-corrected chi connectivity index (χ4v) is 2.71. The smallest absolute Gasteiger partial charge is 0.220 e. The minimum Gasteiger partial charge on any atom is -0.340 e. The fraction of sp³-hybridized carbons (Fsp3) is 0.833. The molecule has 4 nitrogen and oxygen atoms in total. The van der Waals surface area contributed by atoms with E-state index in [0.29, 0.717) is 26.2 Å². The van der Waals surface area contributed by atoms with Crippen molar-refractivity contribution in [3.05, 3.63) is 0 Å². The van der Waals surface area contributed by atoms with Crippen LogP contribution in [0.5, 0.6) is 0 Å². The van der Waals surface area contributed by atoms with E-state index in [1.807, 2.05) is 0 Å². The van der Waals surface area contributed by atoms with Crippen LogP contribution in [-0.2, 0) is 9.36 Å². The molecule has 0 radical (unpaired) electrons. The Balaban J connectivity index is 2.48. The normalized spacial score (nSPS) is 24.0. The number of amides is 1.